The van der Waals surface area contributed by atoms with Gasteiger partial charge in [0, 0.05) is 11.4 Å². The standard InChI is InChI=1S/C18H21ClO/c1-12(2)15-6-4-14(5-7-15)10-18(20)16-8-13(3)9-17(19)11-16/h4-9,11-12,18,20H,10H2,1-3H3. The number of rotatable bonds is 4. The van der Waals surface area contributed by atoms with Gasteiger partial charge in [-0.25, -0.2) is 0 Å². The number of hydrogen-bond acceptors (Lipinski definition) is 1. The van der Waals surface area contributed by atoms with E-state index < -0.39 is 6.10 Å². The highest BCUT2D eigenvalue weighted by Crippen LogP contribution is 2.24. The molecule has 0 aliphatic rings. The molecule has 0 aromatic heterocycles. The van der Waals surface area contributed by atoms with E-state index in [0.717, 1.165) is 16.7 Å². The van der Waals surface area contributed by atoms with Gasteiger partial charge in [0.15, 0.2) is 0 Å². The van der Waals surface area contributed by atoms with Crippen LogP contribution in [-0.2, 0) is 6.42 Å². The number of aliphatic hydroxyl groups excluding tert-OH is 1. The van der Waals surface area contributed by atoms with Gasteiger partial charge in [-0.05, 0) is 47.2 Å². The van der Waals surface area contributed by atoms with E-state index in [9.17, 15) is 5.11 Å². The van der Waals surface area contributed by atoms with Crippen molar-refractivity contribution in [2.45, 2.75) is 39.2 Å². The molecule has 0 bridgehead atoms. The van der Waals surface area contributed by atoms with Gasteiger partial charge in [-0.1, -0.05) is 55.8 Å². The van der Waals surface area contributed by atoms with Crippen molar-refractivity contribution in [1.82, 2.24) is 0 Å². The fourth-order valence-corrected chi connectivity index (χ4v) is 2.63. The normalized spacial score (nSPS) is 12.7. The fourth-order valence-electron chi connectivity index (χ4n) is 2.34. The summed E-state index contributed by atoms with van der Waals surface area (Å²) in [5, 5.41) is 11.0. The zero-order valence-electron chi connectivity index (χ0n) is 12.2. The van der Waals surface area contributed by atoms with Gasteiger partial charge in [0.25, 0.3) is 0 Å². The topological polar surface area (TPSA) is 20.2 Å². The van der Waals surface area contributed by atoms with Crippen LogP contribution in [0.25, 0.3) is 0 Å². The molecule has 2 aromatic carbocycles. The first kappa shape index (κ1) is 15.1. The third-order valence-electron chi connectivity index (χ3n) is 3.52. The van der Waals surface area contributed by atoms with Gasteiger partial charge in [-0.3, -0.25) is 0 Å². The molecule has 0 saturated carbocycles. The Morgan fingerprint density at radius 1 is 1.00 bits per heavy atom. The molecule has 1 N–H and O–H groups in total. The maximum atomic E-state index is 10.3. The van der Waals surface area contributed by atoms with Crippen molar-refractivity contribution in [2.75, 3.05) is 0 Å². The van der Waals surface area contributed by atoms with E-state index in [1.165, 1.54) is 5.56 Å². The first-order valence-corrected chi connectivity index (χ1v) is 7.37. The van der Waals surface area contributed by atoms with Crippen LogP contribution in [0.2, 0.25) is 5.02 Å². The number of halogens is 1. The van der Waals surface area contributed by atoms with E-state index in [2.05, 4.69) is 38.1 Å². The van der Waals surface area contributed by atoms with Gasteiger partial charge in [-0.2, -0.15) is 0 Å². The van der Waals surface area contributed by atoms with Crippen LogP contribution < -0.4 is 0 Å². The maximum absolute atomic E-state index is 10.3. The van der Waals surface area contributed by atoms with Gasteiger partial charge in [0.2, 0.25) is 0 Å². The summed E-state index contributed by atoms with van der Waals surface area (Å²) in [7, 11) is 0. The molecule has 2 heteroatoms. The van der Waals surface area contributed by atoms with Gasteiger partial charge < -0.3 is 5.11 Å². The molecular weight excluding hydrogens is 268 g/mol. The Bertz CT molecular complexity index is 552. The summed E-state index contributed by atoms with van der Waals surface area (Å²) in [5.74, 6) is 0.532. The van der Waals surface area contributed by atoms with Crippen LogP contribution in [0.1, 0.15) is 48.1 Å². The third kappa shape index (κ3) is 3.84. The average molecular weight is 289 g/mol. The lowest BCUT2D eigenvalue weighted by Gasteiger charge is -2.13. The van der Waals surface area contributed by atoms with Crippen LogP contribution in [0.15, 0.2) is 42.5 Å². The highest BCUT2D eigenvalue weighted by molar-refractivity contribution is 6.30. The van der Waals surface area contributed by atoms with Crippen molar-refractivity contribution >= 4 is 11.6 Å². The van der Waals surface area contributed by atoms with Gasteiger partial charge in [-0.15, -0.1) is 0 Å². The largest absolute Gasteiger partial charge is 0.388 e. The Balaban J connectivity index is 2.12. The van der Waals surface area contributed by atoms with Crippen LogP contribution >= 0.6 is 11.6 Å². The highest BCUT2D eigenvalue weighted by atomic mass is 35.5. The van der Waals surface area contributed by atoms with Crippen molar-refractivity contribution in [1.29, 1.82) is 0 Å². The number of aliphatic hydroxyl groups is 1. The van der Waals surface area contributed by atoms with Crippen LogP contribution in [-0.4, -0.2) is 5.11 Å². The van der Waals surface area contributed by atoms with Crippen molar-refractivity contribution in [3.8, 4) is 0 Å². The van der Waals surface area contributed by atoms with E-state index in [1.807, 2.05) is 25.1 Å². The minimum absolute atomic E-state index is 0.516. The lowest BCUT2D eigenvalue weighted by Crippen LogP contribution is -2.02. The number of hydrogen-bond donors (Lipinski definition) is 1. The van der Waals surface area contributed by atoms with Crippen molar-refractivity contribution < 1.29 is 5.11 Å². The predicted octanol–water partition coefficient (Wildman–Crippen LogP) is 5.05. The summed E-state index contributed by atoms with van der Waals surface area (Å²) in [5.41, 5.74) is 4.41. The summed E-state index contributed by atoms with van der Waals surface area (Å²) in [6.45, 7) is 6.34. The molecule has 20 heavy (non-hydrogen) atoms. The number of aryl methyl sites for hydroxylation is 1. The van der Waals surface area contributed by atoms with Crippen molar-refractivity contribution in [3.05, 3.63) is 69.7 Å². The Labute approximate surface area is 126 Å². The Hall–Kier alpha value is -1.31. The first-order chi connectivity index (χ1) is 9.45. The summed E-state index contributed by atoms with van der Waals surface area (Å²) in [6, 6.07) is 14.2. The zero-order valence-corrected chi connectivity index (χ0v) is 13.0. The molecule has 0 radical (unpaired) electrons. The molecule has 0 amide bonds. The van der Waals surface area contributed by atoms with Crippen LogP contribution in [0, 0.1) is 6.92 Å². The van der Waals surface area contributed by atoms with Crippen LogP contribution in [0.4, 0.5) is 0 Å². The zero-order chi connectivity index (χ0) is 14.7. The highest BCUT2D eigenvalue weighted by Gasteiger charge is 2.10. The Morgan fingerprint density at radius 3 is 2.20 bits per heavy atom. The quantitative estimate of drug-likeness (QED) is 0.835. The minimum Gasteiger partial charge on any atom is -0.388 e. The molecule has 1 atom stereocenters. The van der Waals surface area contributed by atoms with E-state index in [-0.39, 0.29) is 0 Å². The smallest absolute Gasteiger partial charge is 0.0830 e. The molecule has 0 fully saturated rings. The summed E-state index contributed by atoms with van der Waals surface area (Å²) in [6.07, 6.45) is 0.0929. The monoisotopic (exact) mass is 288 g/mol. The molecule has 106 valence electrons. The van der Waals surface area contributed by atoms with Crippen LogP contribution in [0.5, 0.6) is 0 Å². The average Bonchev–Trinajstić information content (AvgIpc) is 2.38. The van der Waals surface area contributed by atoms with Gasteiger partial charge in [0.1, 0.15) is 0 Å². The molecule has 2 aromatic rings. The lowest BCUT2D eigenvalue weighted by molar-refractivity contribution is 0.178. The second kappa shape index (κ2) is 6.43. The van der Waals surface area contributed by atoms with Crippen LogP contribution in [0.3, 0.4) is 0 Å². The Morgan fingerprint density at radius 2 is 1.65 bits per heavy atom. The summed E-state index contributed by atoms with van der Waals surface area (Å²) in [4.78, 5) is 0. The molecule has 0 saturated heterocycles. The Kier molecular flexibility index (Phi) is 4.85. The van der Waals surface area contributed by atoms with E-state index in [0.29, 0.717) is 17.4 Å². The maximum Gasteiger partial charge on any atom is 0.0830 e. The third-order valence-corrected chi connectivity index (χ3v) is 3.74. The van der Waals surface area contributed by atoms with Gasteiger partial charge in [0.05, 0.1) is 6.10 Å². The summed E-state index contributed by atoms with van der Waals surface area (Å²) < 4.78 is 0. The second-order valence-corrected chi connectivity index (χ2v) is 6.11. The molecule has 0 aliphatic carbocycles. The van der Waals surface area contributed by atoms with Crippen molar-refractivity contribution in [2.24, 2.45) is 0 Å². The molecule has 1 nitrogen and oxygen atoms in total. The molecule has 1 unspecified atom stereocenters. The fraction of sp³-hybridized carbons (Fsp3) is 0.333. The van der Waals surface area contributed by atoms with E-state index in [4.69, 9.17) is 11.6 Å². The molecule has 0 aliphatic heterocycles. The number of benzene rings is 2. The molecule has 2 rings (SSSR count). The summed E-state index contributed by atoms with van der Waals surface area (Å²) >= 11 is 6.04. The van der Waals surface area contributed by atoms with Crippen molar-refractivity contribution in [3.63, 3.8) is 0 Å². The van der Waals surface area contributed by atoms with E-state index >= 15 is 0 Å². The lowest BCUT2D eigenvalue weighted by atomic mass is 9.97. The first-order valence-electron chi connectivity index (χ1n) is 6.99. The molecule has 0 heterocycles. The molecular formula is C18H21ClO. The minimum atomic E-state index is -0.516. The van der Waals surface area contributed by atoms with E-state index in [1.54, 1.807) is 0 Å². The second-order valence-electron chi connectivity index (χ2n) is 5.68. The SMILES string of the molecule is Cc1cc(Cl)cc(C(O)Cc2ccc(C(C)C)cc2)c1. The predicted molar refractivity (Wildman–Crippen MR) is 85.4 cm³/mol. The molecule has 0 spiro atoms. The van der Waals surface area contributed by atoms with Gasteiger partial charge >= 0.3 is 0 Å².